The van der Waals surface area contributed by atoms with Crippen LogP contribution in [0.5, 0.6) is 0 Å². The number of anilines is 1. The van der Waals surface area contributed by atoms with Gasteiger partial charge < -0.3 is 15.5 Å². The third-order valence-electron chi connectivity index (χ3n) is 3.85. The van der Waals surface area contributed by atoms with Crippen molar-refractivity contribution in [3.8, 4) is 11.1 Å². The van der Waals surface area contributed by atoms with Crippen LogP contribution in [-0.2, 0) is 0 Å². The molecule has 0 spiro atoms. The highest BCUT2D eigenvalue weighted by Crippen LogP contribution is 2.37. The van der Waals surface area contributed by atoms with Gasteiger partial charge in [-0.3, -0.25) is 0 Å². The fourth-order valence-corrected chi connectivity index (χ4v) is 3.25. The predicted octanol–water partition coefficient (Wildman–Crippen LogP) is 2.82. The SMILES string of the molecule is Cc1ccc(-c2csc3ncnc(NC(C)(CO)CO)c23)cc1. The molecule has 0 atom stereocenters. The molecule has 23 heavy (non-hydrogen) atoms. The molecule has 0 saturated carbocycles. The fraction of sp³-hybridized carbons (Fsp3) is 0.294. The first-order valence-corrected chi connectivity index (χ1v) is 8.23. The summed E-state index contributed by atoms with van der Waals surface area (Å²) in [5, 5.41) is 25.2. The molecule has 2 aromatic heterocycles. The molecule has 0 aliphatic carbocycles. The first-order valence-electron chi connectivity index (χ1n) is 7.35. The van der Waals surface area contributed by atoms with Crippen LogP contribution in [0.2, 0.25) is 0 Å². The second kappa shape index (κ2) is 6.23. The van der Waals surface area contributed by atoms with E-state index in [2.05, 4.69) is 51.9 Å². The van der Waals surface area contributed by atoms with E-state index < -0.39 is 5.54 Å². The van der Waals surface area contributed by atoms with Gasteiger partial charge in [-0.25, -0.2) is 9.97 Å². The fourth-order valence-electron chi connectivity index (χ4n) is 2.33. The number of aryl methyl sites for hydroxylation is 1. The van der Waals surface area contributed by atoms with Crippen LogP contribution < -0.4 is 5.32 Å². The minimum atomic E-state index is -0.840. The molecule has 0 bridgehead atoms. The number of thiophene rings is 1. The van der Waals surface area contributed by atoms with Gasteiger partial charge in [0.2, 0.25) is 0 Å². The summed E-state index contributed by atoms with van der Waals surface area (Å²) in [6.07, 6.45) is 1.50. The van der Waals surface area contributed by atoms with Gasteiger partial charge >= 0.3 is 0 Å². The van der Waals surface area contributed by atoms with Crippen LogP contribution in [0.4, 0.5) is 5.82 Å². The van der Waals surface area contributed by atoms with E-state index in [0.717, 1.165) is 21.3 Å². The summed E-state index contributed by atoms with van der Waals surface area (Å²) in [7, 11) is 0. The Morgan fingerprint density at radius 1 is 1.13 bits per heavy atom. The van der Waals surface area contributed by atoms with Crippen LogP contribution >= 0.6 is 11.3 Å². The van der Waals surface area contributed by atoms with Crippen molar-refractivity contribution in [2.75, 3.05) is 18.5 Å². The average molecular weight is 329 g/mol. The van der Waals surface area contributed by atoms with Crippen LogP contribution in [-0.4, -0.2) is 38.9 Å². The first kappa shape index (κ1) is 15.9. The number of benzene rings is 1. The van der Waals surface area contributed by atoms with Crippen molar-refractivity contribution in [1.29, 1.82) is 0 Å². The number of aromatic nitrogens is 2. The van der Waals surface area contributed by atoms with Crippen LogP contribution in [0.3, 0.4) is 0 Å². The highest BCUT2D eigenvalue weighted by molar-refractivity contribution is 7.17. The number of aliphatic hydroxyl groups excluding tert-OH is 2. The summed E-state index contributed by atoms with van der Waals surface area (Å²) < 4.78 is 0. The van der Waals surface area contributed by atoms with Crippen LogP contribution in [0, 0.1) is 6.92 Å². The number of fused-ring (bicyclic) bond motifs is 1. The number of rotatable bonds is 5. The average Bonchev–Trinajstić information content (AvgIpc) is 3.00. The molecular weight excluding hydrogens is 310 g/mol. The molecule has 0 fully saturated rings. The molecule has 0 saturated heterocycles. The maximum atomic E-state index is 9.52. The second-order valence-electron chi connectivity index (χ2n) is 5.92. The van der Waals surface area contributed by atoms with E-state index in [4.69, 9.17) is 0 Å². The molecule has 1 aromatic carbocycles. The summed E-state index contributed by atoms with van der Waals surface area (Å²) in [6, 6.07) is 8.29. The summed E-state index contributed by atoms with van der Waals surface area (Å²) in [5.41, 5.74) is 2.50. The lowest BCUT2D eigenvalue weighted by atomic mass is 10.0. The first-order chi connectivity index (χ1) is 11.1. The Labute approximate surface area is 138 Å². The number of aliphatic hydroxyl groups is 2. The van der Waals surface area contributed by atoms with Gasteiger partial charge in [0.1, 0.15) is 17.0 Å². The van der Waals surface area contributed by atoms with Crippen molar-refractivity contribution >= 4 is 27.4 Å². The van der Waals surface area contributed by atoms with E-state index in [1.54, 1.807) is 18.3 Å². The maximum Gasteiger partial charge on any atom is 0.139 e. The molecule has 3 aromatic rings. The van der Waals surface area contributed by atoms with Crippen molar-refractivity contribution < 1.29 is 10.2 Å². The minimum Gasteiger partial charge on any atom is -0.394 e. The molecule has 120 valence electrons. The lowest BCUT2D eigenvalue weighted by Gasteiger charge is -2.27. The van der Waals surface area contributed by atoms with E-state index >= 15 is 0 Å². The van der Waals surface area contributed by atoms with E-state index in [0.29, 0.717) is 5.82 Å². The van der Waals surface area contributed by atoms with Gasteiger partial charge in [-0.15, -0.1) is 11.3 Å². The zero-order valence-corrected chi connectivity index (χ0v) is 13.9. The lowest BCUT2D eigenvalue weighted by Crippen LogP contribution is -2.42. The van der Waals surface area contributed by atoms with E-state index in [1.165, 1.54) is 11.9 Å². The lowest BCUT2D eigenvalue weighted by molar-refractivity contribution is 0.147. The maximum absolute atomic E-state index is 9.52. The van der Waals surface area contributed by atoms with Gasteiger partial charge in [0.05, 0.1) is 24.1 Å². The van der Waals surface area contributed by atoms with Crippen molar-refractivity contribution in [3.63, 3.8) is 0 Å². The van der Waals surface area contributed by atoms with Crippen LogP contribution in [0.15, 0.2) is 36.0 Å². The third-order valence-corrected chi connectivity index (χ3v) is 4.74. The molecule has 0 unspecified atom stereocenters. The zero-order valence-electron chi connectivity index (χ0n) is 13.1. The van der Waals surface area contributed by atoms with E-state index in [-0.39, 0.29) is 13.2 Å². The van der Waals surface area contributed by atoms with Crippen molar-refractivity contribution in [2.45, 2.75) is 19.4 Å². The standard InChI is InChI=1S/C17H19N3O2S/c1-11-3-5-12(6-4-11)13-7-23-16-14(13)15(18-10-19-16)20-17(2,8-21)9-22/h3-7,10,21-22H,8-9H2,1-2H3,(H,18,19,20). The number of nitrogens with zero attached hydrogens (tertiary/aromatic N) is 2. The number of nitrogens with one attached hydrogen (secondary N) is 1. The topological polar surface area (TPSA) is 78.3 Å². The molecule has 2 heterocycles. The Balaban J connectivity index is 2.12. The zero-order chi connectivity index (χ0) is 16.4. The van der Waals surface area contributed by atoms with Crippen molar-refractivity contribution in [3.05, 3.63) is 41.5 Å². The minimum absolute atomic E-state index is 0.195. The highest BCUT2D eigenvalue weighted by Gasteiger charge is 2.24. The Bertz CT molecular complexity index is 810. The summed E-state index contributed by atoms with van der Waals surface area (Å²) in [4.78, 5) is 9.53. The Morgan fingerprint density at radius 3 is 2.48 bits per heavy atom. The van der Waals surface area contributed by atoms with Crippen molar-refractivity contribution in [2.24, 2.45) is 0 Å². The van der Waals surface area contributed by atoms with Gasteiger partial charge in [-0.1, -0.05) is 29.8 Å². The van der Waals surface area contributed by atoms with Crippen molar-refractivity contribution in [1.82, 2.24) is 9.97 Å². The monoisotopic (exact) mass is 329 g/mol. The predicted molar refractivity (Wildman–Crippen MR) is 93.8 cm³/mol. The summed E-state index contributed by atoms with van der Waals surface area (Å²) in [5.74, 6) is 0.623. The van der Waals surface area contributed by atoms with E-state index in [9.17, 15) is 10.2 Å². The van der Waals surface area contributed by atoms with Crippen LogP contribution in [0.1, 0.15) is 12.5 Å². The number of hydrogen-bond donors (Lipinski definition) is 3. The largest absolute Gasteiger partial charge is 0.394 e. The molecule has 5 nitrogen and oxygen atoms in total. The number of hydrogen-bond acceptors (Lipinski definition) is 6. The molecule has 0 amide bonds. The molecular formula is C17H19N3O2S. The molecule has 6 heteroatoms. The van der Waals surface area contributed by atoms with Gasteiger partial charge in [-0.05, 0) is 19.4 Å². The quantitative estimate of drug-likeness (QED) is 0.671. The van der Waals surface area contributed by atoms with Gasteiger partial charge in [0, 0.05) is 10.9 Å². The molecule has 0 aliphatic rings. The highest BCUT2D eigenvalue weighted by atomic mass is 32.1. The van der Waals surface area contributed by atoms with Gasteiger partial charge in [0.25, 0.3) is 0 Å². The molecule has 0 aliphatic heterocycles. The summed E-state index contributed by atoms with van der Waals surface area (Å²) >= 11 is 1.55. The second-order valence-corrected chi connectivity index (χ2v) is 6.78. The van der Waals surface area contributed by atoms with E-state index in [1.807, 2.05) is 0 Å². The molecule has 3 N–H and O–H groups in total. The third kappa shape index (κ3) is 3.06. The van der Waals surface area contributed by atoms with Crippen LogP contribution in [0.25, 0.3) is 21.3 Å². The Kier molecular flexibility index (Phi) is 4.30. The summed E-state index contributed by atoms with van der Waals surface area (Å²) in [6.45, 7) is 3.41. The van der Waals surface area contributed by atoms with Gasteiger partial charge in [-0.2, -0.15) is 0 Å². The normalized spacial score (nSPS) is 11.8. The smallest absolute Gasteiger partial charge is 0.139 e. The van der Waals surface area contributed by atoms with Gasteiger partial charge in [0.15, 0.2) is 0 Å². The molecule has 3 rings (SSSR count). The Morgan fingerprint density at radius 2 is 1.83 bits per heavy atom. The molecule has 0 radical (unpaired) electrons. The Hall–Kier alpha value is -2.02.